The van der Waals surface area contributed by atoms with Gasteiger partial charge < -0.3 is 8.98 Å². The molecule has 0 spiro atoms. The van der Waals surface area contributed by atoms with Gasteiger partial charge in [-0.3, -0.25) is 4.57 Å². The fourth-order valence-corrected chi connectivity index (χ4v) is 8.75. The molecule has 0 aliphatic rings. The summed E-state index contributed by atoms with van der Waals surface area (Å²) >= 11 is 1.79. The monoisotopic (exact) mass is 605 g/mol. The zero-order chi connectivity index (χ0) is 29.9. The second-order valence-corrected chi connectivity index (χ2v) is 13.0. The van der Waals surface area contributed by atoms with Crippen molar-refractivity contribution in [1.29, 1.82) is 0 Å². The molecule has 11 aromatic rings. The average Bonchev–Trinajstić information content (AvgIpc) is 3.87. The molecule has 0 saturated heterocycles. The molecule has 0 amide bonds. The molecule has 7 aromatic carbocycles. The van der Waals surface area contributed by atoms with E-state index in [0.717, 1.165) is 38.6 Å². The predicted octanol–water partition coefficient (Wildman–Crippen LogP) is 11.5. The minimum atomic E-state index is 0.582. The summed E-state index contributed by atoms with van der Waals surface area (Å²) in [6, 6.07) is 50.5. The largest absolute Gasteiger partial charge is 0.422 e. The van der Waals surface area contributed by atoms with Gasteiger partial charge in [-0.25, -0.2) is 0 Å². The Morgan fingerprint density at radius 2 is 1.04 bits per heavy atom. The van der Waals surface area contributed by atoms with Crippen molar-refractivity contribution in [2.45, 2.75) is 0 Å². The van der Waals surface area contributed by atoms with Crippen LogP contribution < -0.4 is 0 Å². The third-order valence-corrected chi connectivity index (χ3v) is 10.7. The highest BCUT2D eigenvalue weighted by molar-refractivity contribution is 7.26. The van der Waals surface area contributed by atoms with Crippen LogP contribution in [-0.4, -0.2) is 14.1 Å². The van der Waals surface area contributed by atoms with Crippen LogP contribution in [0.25, 0.3) is 97.4 Å². The lowest BCUT2D eigenvalue weighted by Gasteiger charge is -2.14. The van der Waals surface area contributed by atoms with Gasteiger partial charge in [0.05, 0.1) is 27.8 Å². The highest BCUT2D eigenvalue weighted by Gasteiger charge is 2.23. The second-order valence-electron chi connectivity index (χ2n) is 11.9. The van der Waals surface area contributed by atoms with Gasteiger partial charge in [0.25, 0.3) is 0 Å². The molecule has 4 nitrogen and oxygen atoms in total. The Bertz CT molecular complexity index is 2990. The number of fused-ring (bicyclic) bond motifs is 13. The Morgan fingerprint density at radius 3 is 1.76 bits per heavy atom. The summed E-state index contributed by atoms with van der Waals surface area (Å²) in [5.41, 5.74) is 7.42. The van der Waals surface area contributed by atoms with Crippen molar-refractivity contribution in [1.82, 2.24) is 14.1 Å². The third-order valence-electron chi connectivity index (χ3n) is 9.55. The van der Waals surface area contributed by atoms with Gasteiger partial charge in [-0.05, 0) is 42.5 Å². The van der Waals surface area contributed by atoms with Crippen molar-refractivity contribution in [3.05, 3.63) is 140 Å². The summed E-state index contributed by atoms with van der Waals surface area (Å²) < 4.78 is 13.9. The molecule has 0 radical (unpaired) electrons. The zero-order valence-corrected chi connectivity index (χ0v) is 25.3. The lowest BCUT2D eigenvalue weighted by atomic mass is 10.0. The predicted molar refractivity (Wildman–Crippen MR) is 193 cm³/mol. The lowest BCUT2D eigenvalue weighted by Crippen LogP contribution is -1.98. The molecule has 0 fully saturated rings. The van der Waals surface area contributed by atoms with E-state index >= 15 is 0 Å². The van der Waals surface area contributed by atoms with Crippen LogP contribution in [0.5, 0.6) is 0 Å². The van der Waals surface area contributed by atoms with E-state index in [0.29, 0.717) is 6.01 Å². The molecule has 0 N–H and O–H groups in total. The second kappa shape index (κ2) is 8.84. The maximum absolute atomic E-state index is 6.83. The molecule has 0 aliphatic heterocycles. The molecular formula is C41H23N3OS. The van der Waals surface area contributed by atoms with E-state index in [-0.39, 0.29) is 0 Å². The fourth-order valence-electron chi connectivity index (χ4n) is 7.65. The van der Waals surface area contributed by atoms with Gasteiger partial charge in [0.1, 0.15) is 5.52 Å². The topological polar surface area (TPSA) is 35.9 Å². The van der Waals surface area contributed by atoms with Gasteiger partial charge in [0.2, 0.25) is 0 Å². The molecule has 4 heterocycles. The average molecular weight is 606 g/mol. The summed E-state index contributed by atoms with van der Waals surface area (Å²) in [4.78, 5) is 5.15. The summed E-state index contributed by atoms with van der Waals surface area (Å²) in [6.07, 6.45) is 0. The van der Waals surface area contributed by atoms with Crippen LogP contribution in [0, 0.1) is 0 Å². The van der Waals surface area contributed by atoms with Crippen molar-refractivity contribution in [3.63, 3.8) is 0 Å². The maximum Gasteiger partial charge on any atom is 0.307 e. The normalized spacial score (nSPS) is 12.3. The SMILES string of the molecule is c1ccc2c(c1)sc1ccc3nc(-n4c5ccccc5c5cc(-n6c7ccccc7c7ccccc76)c6ccccc6c54)oc3c12. The van der Waals surface area contributed by atoms with Crippen LogP contribution in [0.1, 0.15) is 0 Å². The first kappa shape index (κ1) is 24.4. The van der Waals surface area contributed by atoms with E-state index in [2.05, 4.69) is 149 Å². The van der Waals surface area contributed by atoms with Crippen LogP contribution >= 0.6 is 11.3 Å². The van der Waals surface area contributed by atoms with Crippen molar-refractivity contribution in [2.24, 2.45) is 0 Å². The Hall–Kier alpha value is -5.91. The van der Waals surface area contributed by atoms with Gasteiger partial charge >= 0.3 is 6.01 Å². The Balaban J connectivity index is 1.29. The first-order valence-corrected chi connectivity index (χ1v) is 16.3. The van der Waals surface area contributed by atoms with Gasteiger partial charge in [-0.2, -0.15) is 4.98 Å². The Morgan fingerprint density at radius 1 is 0.478 bits per heavy atom. The van der Waals surface area contributed by atoms with E-state index in [1.807, 2.05) is 0 Å². The number of hydrogen-bond acceptors (Lipinski definition) is 3. The molecule has 0 atom stereocenters. The van der Waals surface area contributed by atoms with Gasteiger partial charge in [-0.15, -0.1) is 11.3 Å². The van der Waals surface area contributed by atoms with Crippen molar-refractivity contribution >= 4 is 97.0 Å². The number of para-hydroxylation sites is 3. The highest BCUT2D eigenvalue weighted by Crippen LogP contribution is 2.43. The summed E-state index contributed by atoms with van der Waals surface area (Å²) in [5, 5.41) is 9.51. The van der Waals surface area contributed by atoms with Crippen LogP contribution in [-0.2, 0) is 0 Å². The number of aromatic nitrogens is 3. The number of nitrogens with zero attached hydrogens (tertiary/aromatic N) is 3. The molecule has 46 heavy (non-hydrogen) atoms. The Kier molecular flexibility index (Phi) is 4.69. The van der Waals surface area contributed by atoms with E-state index in [4.69, 9.17) is 9.40 Å². The third kappa shape index (κ3) is 3.10. The van der Waals surface area contributed by atoms with E-state index < -0.39 is 0 Å². The quantitative estimate of drug-likeness (QED) is 0.196. The van der Waals surface area contributed by atoms with Crippen LogP contribution in [0.2, 0.25) is 0 Å². The van der Waals surface area contributed by atoms with E-state index in [1.165, 1.54) is 52.8 Å². The fraction of sp³-hybridized carbons (Fsp3) is 0. The molecule has 0 bridgehead atoms. The smallest absolute Gasteiger partial charge is 0.307 e. The van der Waals surface area contributed by atoms with Crippen molar-refractivity contribution < 1.29 is 4.42 Å². The number of thiophene rings is 1. The van der Waals surface area contributed by atoms with E-state index in [9.17, 15) is 0 Å². The molecule has 214 valence electrons. The standard InChI is InChI=1S/C41H23N3OS/c1-2-15-28-26(13-1)35(43-32-17-7-3-11-24(32)25-12-4-8-18-33(25)43)23-30-27-14-5-9-19-34(27)44(39(28)30)41-42-31-21-22-37-38(40(31)45-41)29-16-6-10-20-36(29)46-37/h1-23H. The number of hydrogen-bond donors (Lipinski definition) is 0. The molecule has 0 aliphatic carbocycles. The summed E-state index contributed by atoms with van der Waals surface area (Å²) in [5.74, 6) is 0. The molecule has 4 aromatic heterocycles. The van der Waals surface area contributed by atoms with Crippen molar-refractivity contribution in [3.8, 4) is 11.7 Å². The van der Waals surface area contributed by atoms with Gasteiger partial charge in [0.15, 0.2) is 5.58 Å². The Labute approximate surface area is 265 Å². The van der Waals surface area contributed by atoms with Gasteiger partial charge in [-0.1, -0.05) is 97.1 Å². The molecule has 11 rings (SSSR count). The van der Waals surface area contributed by atoms with E-state index in [1.54, 1.807) is 11.3 Å². The van der Waals surface area contributed by atoms with Gasteiger partial charge in [0, 0.05) is 52.5 Å². The number of benzene rings is 7. The maximum atomic E-state index is 6.83. The first-order valence-electron chi connectivity index (χ1n) is 15.5. The molecule has 0 saturated carbocycles. The first-order chi connectivity index (χ1) is 22.8. The molecule has 0 unspecified atom stereocenters. The van der Waals surface area contributed by atoms with Crippen LogP contribution in [0.3, 0.4) is 0 Å². The lowest BCUT2D eigenvalue weighted by molar-refractivity contribution is 0.577. The summed E-state index contributed by atoms with van der Waals surface area (Å²) in [7, 11) is 0. The number of rotatable bonds is 2. The minimum absolute atomic E-state index is 0.582. The van der Waals surface area contributed by atoms with Crippen molar-refractivity contribution in [2.75, 3.05) is 0 Å². The zero-order valence-electron chi connectivity index (χ0n) is 24.4. The molecular weight excluding hydrogens is 583 g/mol. The van der Waals surface area contributed by atoms with Crippen LogP contribution in [0.15, 0.2) is 144 Å². The minimum Gasteiger partial charge on any atom is -0.422 e. The number of oxazole rings is 1. The molecule has 5 heteroatoms. The van der Waals surface area contributed by atoms with Crippen LogP contribution in [0.4, 0.5) is 0 Å². The highest BCUT2D eigenvalue weighted by atomic mass is 32.1. The summed E-state index contributed by atoms with van der Waals surface area (Å²) in [6.45, 7) is 0.